The fraction of sp³-hybridized carbons (Fsp3) is 0.357. The average molecular weight is 289 g/mol. The van der Waals surface area contributed by atoms with Crippen molar-refractivity contribution < 1.29 is 9.67 Å². The minimum Gasteiger partial charge on any atom is -0.392 e. The van der Waals surface area contributed by atoms with Crippen LogP contribution in [0.15, 0.2) is 46.1 Å². The van der Waals surface area contributed by atoms with Crippen LogP contribution in [0.2, 0.25) is 0 Å². The maximum atomic E-state index is 8.97. The normalized spacial score (nSPS) is 14.8. The molecule has 0 aliphatic carbocycles. The average Bonchev–Trinajstić information content (AvgIpc) is 2.84. The number of aliphatic hydroxyl groups is 1. The predicted molar refractivity (Wildman–Crippen MR) is 79.0 cm³/mol. The summed E-state index contributed by atoms with van der Waals surface area (Å²) in [5, 5.41) is 20.2. The van der Waals surface area contributed by atoms with E-state index in [2.05, 4.69) is 27.3 Å². The molecule has 20 heavy (non-hydrogen) atoms. The Bertz CT molecular complexity index is 589. The van der Waals surface area contributed by atoms with Crippen molar-refractivity contribution in [2.24, 2.45) is 10.2 Å². The lowest BCUT2D eigenvalue weighted by Crippen LogP contribution is -2.36. The van der Waals surface area contributed by atoms with Crippen LogP contribution in [0.3, 0.4) is 0 Å². The Morgan fingerprint density at radius 1 is 1.20 bits per heavy atom. The molecule has 1 aliphatic heterocycles. The van der Waals surface area contributed by atoms with E-state index in [9.17, 15) is 0 Å². The molecule has 0 bridgehead atoms. The van der Waals surface area contributed by atoms with Gasteiger partial charge in [-0.15, -0.1) is 0 Å². The number of aliphatic hydroxyl groups excluding tert-OH is 1. The van der Waals surface area contributed by atoms with Crippen LogP contribution < -0.4 is 9.47 Å². The van der Waals surface area contributed by atoms with E-state index < -0.39 is 0 Å². The van der Waals surface area contributed by atoms with Gasteiger partial charge in [0.05, 0.1) is 11.7 Å². The fourth-order valence-corrected chi connectivity index (χ4v) is 2.77. The van der Waals surface area contributed by atoms with E-state index in [0.29, 0.717) is 6.54 Å². The van der Waals surface area contributed by atoms with Crippen LogP contribution in [-0.4, -0.2) is 24.8 Å². The van der Waals surface area contributed by atoms with Crippen LogP contribution >= 0.6 is 11.3 Å². The third-order valence-electron chi connectivity index (χ3n) is 3.32. The quantitative estimate of drug-likeness (QED) is 0.679. The van der Waals surface area contributed by atoms with Crippen LogP contribution in [0.4, 0.5) is 16.5 Å². The van der Waals surface area contributed by atoms with Crippen LogP contribution in [0.25, 0.3) is 0 Å². The zero-order valence-electron chi connectivity index (χ0n) is 11.1. The molecule has 1 aromatic heterocycles. The van der Waals surface area contributed by atoms with E-state index in [4.69, 9.17) is 5.11 Å². The molecule has 1 saturated heterocycles. The number of azo groups is 1. The largest absolute Gasteiger partial charge is 0.408 e. The van der Waals surface area contributed by atoms with E-state index in [0.717, 1.165) is 23.9 Å². The lowest BCUT2D eigenvalue weighted by Gasteiger charge is -2.33. The van der Waals surface area contributed by atoms with Crippen molar-refractivity contribution in [1.29, 1.82) is 0 Å². The second-order valence-corrected chi connectivity index (χ2v) is 5.53. The minimum atomic E-state index is 0.106. The van der Waals surface area contributed by atoms with Gasteiger partial charge < -0.3 is 10.0 Å². The van der Waals surface area contributed by atoms with Crippen molar-refractivity contribution in [3.63, 3.8) is 0 Å². The van der Waals surface area contributed by atoms with Crippen molar-refractivity contribution in [3.8, 4) is 0 Å². The summed E-state index contributed by atoms with van der Waals surface area (Å²) in [7, 11) is 0. The Morgan fingerprint density at radius 2 is 2.00 bits per heavy atom. The molecule has 104 valence electrons. The number of rotatable bonds is 5. The summed E-state index contributed by atoms with van der Waals surface area (Å²) < 4.78 is 1.89. The first-order valence-electron chi connectivity index (χ1n) is 6.71. The molecule has 0 radical (unpaired) electrons. The van der Waals surface area contributed by atoms with Gasteiger partial charge in [-0.1, -0.05) is 0 Å². The molecule has 0 saturated carbocycles. The Labute approximate surface area is 121 Å². The monoisotopic (exact) mass is 289 g/mol. The molecule has 0 atom stereocenters. The first kappa shape index (κ1) is 13.2. The van der Waals surface area contributed by atoms with Crippen molar-refractivity contribution in [2.75, 3.05) is 24.6 Å². The molecular formula is C14H17N4OS+. The predicted octanol–water partition coefficient (Wildman–Crippen LogP) is 2.65. The number of aromatic nitrogens is 1. The van der Waals surface area contributed by atoms with Gasteiger partial charge in [-0.3, -0.25) is 0 Å². The maximum absolute atomic E-state index is 8.97. The third-order valence-corrected chi connectivity index (χ3v) is 4.11. The highest BCUT2D eigenvalue weighted by Crippen LogP contribution is 2.25. The molecule has 0 amide bonds. The topological polar surface area (TPSA) is 52.1 Å². The second kappa shape index (κ2) is 6.11. The van der Waals surface area contributed by atoms with Crippen molar-refractivity contribution >= 4 is 27.8 Å². The summed E-state index contributed by atoms with van der Waals surface area (Å²) in [6, 6.07) is 8.15. The summed E-state index contributed by atoms with van der Waals surface area (Å²) in [5.41, 5.74) is 2.10. The van der Waals surface area contributed by atoms with E-state index in [-0.39, 0.29) is 6.61 Å². The number of benzene rings is 1. The van der Waals surface area contributed by atoms with E-state index in [1.54, 1.807) is 0 Å². The summed E-state index contributed by atoms with van der Waals surface area (Å²) in [4.78, 5) is 2.34. The highest BCUT2D eigenvalue weighted by Gasteiger charge is 2.14. The molecule has 1 fully saturated rings. The summed E-state index contributed by atoms with van der Waals surface area (Å²) in [6.07, 6.45) is 3.19. The molecule has 0 spiro atoms. The first-order chi connectivity index (χ1) is 9.86. The molecule has 2 aromatic rings. The van der Waals surface area contributed by atoms with E-state index >= 15 is 0 Å². The Morgan fingerprint density at radius 3 is 2.65 bits per heavy atom. The van der Waals surface area contributed by atoms with Crippen LogP contribution in [-0.2, 0) is 6.54 Å². The number of nitrogens with zero attached hydrogens (tertiary/aromatic N) is 4. The molecule has 3 rings (SSSR count). The van der Waals surface area contributed by atoms with Crippen LogP contribution in [0.5, 0.6) is 0 Å². The fourth-order valence-electron chi connectivity index (χ4n) is 2.06. The maximum Gasteiger partial charge on any atom is 0.408 e. The second-order valence-electron chi connectivity index (χ2n) is 4.66. The molecule has 6 heteroatoms. The van der Waals surface area contributed by atoms with E-state index in [1.165, 1.54) is 23.4 Å². The summed E-state index contributed by atoms with van der Waals surface area (Å²) in [6.45, 7) is 2.95. The SMILES string of the molecule is OCC[n+]1ccsc1N=Nc1ccc(N2CCC2)cc1. The van der Waals surface area contributed by atoms with Gasteiger partial charge in [0.1, 0.15) is 18.4 Å². The Hall–Kier alpha value is -1.79. The summed E-state index contributed by atoms with van der Waals surface area (Å²) >= 11 is 1.51. The zero-order chi connectivity index (χ0) is 13.8. The zero-order valence-corrected chi connectivity index (χ0v) is 12.0. The molecule has 1 N–H and O–H groups in total. The Balaban J connectivity index is 1.70. The number of hydrogen-bond acceptors (Lipinski definition) is 5. The van der Waals surface area contributed by atoms with Crippen molar-refractivity contribution in [3.05, 3.63) is 35.8 Å². The lowest BCUT2D eigenvalue weighted by atomic mass is 10.2. The molecular weight excluding hydrogens is 272 g/mol. The number of hydrogen-bond donors (Lipinski definition) is 1. The molecule has 1 aromatic carbocycles. The van der Waals surface area contributed by atoms with Crippen molar-refractivity contribution in [2.45, 2.75) is 13.0 Å². The van der Waals surface area contributed by atoms with E-state index in [1.807, 2.05) is 28.3 Å². The third kappa shape index (κ3) is 2.86. The molecule has 1 aliphatic rings. The van der Waals surface area contributed by atoms with Gasteiger partial charge in [0, 0.05) is 24.2 Å². The first-order valence-corrected chi connectivity index (χ1v) is 7.59. The van der Waals surface area contributed by atoms with Gasteiger partial charge >= 0.3 is 5.13 Å². The van der Waals surface area contributed by atoms with Gasteiger partial charge in [0.15, 0.2) is 0 Å². The Kier molecular flexibility index (Phi) is 4.03. The van der Waals surface area contributed by atoms with Gasteiger partial charge in [-0.25, -0.2) is 4.57 Å². The van der Waals surface area contributed by atoms with Crippen LogP contribution in [0.1, 0.15) is 6.42 Å². The molecule has 2 heterocycles. The van der Waals surface area contributed by atoms with Crippen LogP contribution in [0, 0.1) is 0 Å². The molecule has 0 unspecified atom stereocenters. The van der Waals surface area contributed by atoms with Gasteiger partial charge in [0.25, 0.3) is 0 Å². The standard InChI is InChI=1S/C14H17N4OS/c19-10-8-18-9-11-20-14(18)16-15-12-2-4-13(5-3-12)17-6-1-7-17/h2-5,9,11,19H,1,6-8,10H2/q+1. The highest BCUT2D eigenvalue weighted by atomic mass is 32.1. The highest BCUT2D eigenvalue weighted by molar-refractivity contribution is 7.12. The number of anilines is 1. The van der Waals surface area contributed by atoms with Crippen molar-refractivity contribution in [1.82, 2.24) is 0 Å². The number of thiazole rings is 1. The lowest BCUT2D eigenvalue weighted by molar-refractivity contribution is -0.681. The van der Waals surface area contributed by atoms with Gasteiger partial charge in [-0.05, 0) is 47.1 Å². The summed E-state index contributed by atoms with van der Waals surface area (Å²) in [5.74, 6) is 0. The minimum absolute atomic E-state index is 0.106. The molecule has 5 nitrogen and oxygen atoms in total. The van der Waals surface area contributed by atoms with Gasteiger partial charge in [0.2, 0.25) is 0 Å². The van der Waals surface area contributed by atoms with Gasteiger partial charge in [-0.2, -0.15) is 0 Å². The smallest absolute Gasteiger partial charge is 0.392 e.